The van der Waals surface area contributed by atoms with Crippen molar-refractivity contribution >= 4 is 5.65 Å². The molecule has 3 N–H and O–H groups in total. The van der Waals surface area contributed by atoms with Gasteiger partial charge in [0.25, 0.3) is 0 Å². The van der Waals surface area contributed by atoms with E-state index in [1.54, 1.807) is 0 Å². The average Bonchev–Trinajstić information content (AvgIpc) is 2.70. The third kappa shape index (κ3) is 2.65. The third-order valence-electron chi connectivity index (χ3n) is 2.83. The van der Waals surface area contributed by atoms with E-state index in [4.69, 9.17) is 5.73 Å². The van der Waals surface area contributed by atoms with Gasteiger partial charge in [0.2, 0.25) is 0 Å². The summed E-state index contributed by atoms with van der Waals surface area (Å²) < 4.78 is 1.89. The number of hydrogen-bond donors (Lipinski definition) is 2. The van der Waals surface area contributed by atoms with Crippen molar-refractivity contribution in [2.45, 2.75) is 32.4 Å². The van der Waals surface area contributed by atoms with E-state index in [0.29, 0.717) is 11.6 Å². The summed E-state index contributed by atoms with van der Waals surface area (Å²) in [5.41, 5.74) is 7.45. The lowest BCUT2D eigenvalue weighted by Crippen LogP contribution is -2.30. The Bertz CT molecular complexity index is 459. The minimum Gasteiger partial charge on any atom is -0.385 e. The number of nitrogens with two attached hydrogens (primary N) is 1. The maximum absolute atomic E-state index is 10.1. The van der Waals surface area contributed by atoms with E-state index < -0.39 is 6.10 Å². The van der Waals surface area contributed by atoms with Crippen molar-refractivity contribution in [1.82, 2.24) is 9.38 Å². The van der Waals surface area contributed by atoms with E-state index in [9.17, 15) is 5.11 Å². The number of nitrogens with zero attached hydrogens (tertiary/aromatic N) is 2. The zero-order valence-corrected chi connectivity index (χ0v) is 10.2. The van der Waals surface area contributed by atoms with Gasteiger partial charge in [-0.25, -0.2) is 4.98 Å². The molecule has 2 aromatic rings. The molecule has 0 aliphatic rings. The van der Waals surface area contributed by atoms with Gasteiger partial charge in [-0.05, 0) is 24.5 Å². The van der Waals surface area contributed by atoms with Gasteiger partial charge >= 0.3 is 0 Å². The Morgan fingerprint density at radius 2 is 2.18 bits per heavy atom. The molecule has 0 bridgehead atoms. The number of imidazole rings is 1. The topological polar surface area (TPSA) is 63.5 Å². The molecule has 2 unspecified atom stereocenters. The fourth-order valence-corrected chi connectivity index (χ4v) is 1.99. The van der Waals surface area contributed by atoms with Crippen LogP contribution in [0.5, 0.6) is 0 Å². The monoisotopic (exact) mass is 233 g/mol. The van der Waals surface area contributed by atoms with E-state index in [0.717, 1.165) is 12.1 Å². The molecule has 0 fully saturated rings. The maximum Gasteiger partial charge on any atom is 0.137 e. The van der Waals surface area contributed by atoms with Gasteiger partial charge < -0.3 is 15.2 Å². The molecule has 0 saturated heterocycles. The van der Waals surface area contributed by atoms with Crippen LogP contribution in [0.3, 0.4) is 0 Å². The zero-order valence-electron chi connectivity index (χ0n) is 10.2. The summed E-state index contributed by atoms with van der Waals surface area (Å²) in [5, 5.41) is 10.1. The molecule has 4 heteroatoms. The number of aliphatic hydroxyl groups excluding tert-OH is 1. The van der Waals surface area contributed by atoms with Crippen LogP contribution in [0.4, 0.5) is 0 Å². The van der Waals surface area contributed by atoms with Crippen molar-refractivity contribution < 1.29 is 5.11 Å². The lowest BCUT2D eigenvalue weighted by Gasteiger charge is -2.18. The first kappa shape index (κ1) is 12.1. The molecule has 2 aromatic heterocycles. The average molecular weight is 233 g/mol. The van der Waals surface area contributed by atoms with Gasteiger partial charge in [0.15, 0.2) is 0 Å². The first-order valence-electron chi connectivity index (χ1n) is 5.95. The molecule has 2 atom stereocenters. The summed E-state index contributed by atoms with van der Waals surface area (Å²) in [6.45, 7) is 4.19. The minimum absolute atomic E-state index is 0.264. The molecule has 0 aliphatic heterocycles. The summed E-state index contributed by atoms with van der Waals surface area (Å²) in [7, 11) is 0. The van der Waals surface area contributed by atoms with Crippen LogP contribution < -0.4 is 5.73 Å². The number of aliphatic hydroxyl groups is 1. The molecule has 2 rings (SSSR count). The lowest BCUT2D eigenvalue weighted by molar-refractivity contribution is 0.132. The molecule has 92 valence electrons. The molecule has 2 heterocycles. The highest BCUT2D eigenvalue weighted by Crippen LogP contribution is 2.19. The standard InChI is InChI=1S/C13H19N3O/c1-9(2)7-10(14)13(17)11-8-16-6-4-3-5-12(16)15-11/h3-6,8-10,13,17H,7,14H2,1-2H3. The van der Waals surface area contributed by atoms with Crippen molar-refractivity contribution in [3.63, 3.8) is 0 Å². The predicted octanol–water partition coefficient (Wildman–Crippen LogP) is 1.74. The highest BCUT2D eigenvalue weighted by molar-refractivity contribution is 5.39. The number of aromatic nitrogens is 2. The Hall–Kier alpha value is -1.39. The third-order valence-corrected chi connectivity index (χ3v) is 2.83. The Labute approximate surface area is 101 Å². The molecule has 0 spiro atoms. The molecule has 0 aromatic carbocycles. The molecular formula is C13H19N3O. The van der Waals surface area contributed by atoms with Crippen LogP contribution in [0.25, 0.3) is 5.65 Å². The van der Waals surface area contributed by atoms with Gasteiger partial charge in [0.05, 0.1) is 5.69 Å². The SMILES string of the molecule is CC(C)CC(N)C(O)c1cn2ccccc2n1. The minimum atomic E-state index is -0.697. The van der Waals surface area contributed by atoms with E-state index in [-0.39, 0.29) is 6.04 Å². The summed E-state index contributed by atoms with van der Waals surface area (Å²) in [4.78, 5) is 4.37. The Kier molecular flexibility index (Phi) is 3.45. The van der Waals surface area contributed by atoms with Crippen LogP contribution in [0.2, 0.25) is 0 Å². The Morgan fingerprint density at radius 1 is 1.41 bits per heavy atom. The number of rotatable bonds is 4. The summed E-state index contributed by atoms with van der Waals surface area (Å²) in [5.74, 6) is 0.469. The first-order chi connectivity index (χ1) is 8.08. The molecule has 0 radical (unpaired) electrons. The summed E-state index contributed by atoms with van der Waals surface area (Å²) in [6.07, 6.45) is 3.83. The fraction of sp³-hybridized carbons (Fsp3) is 0.462. The molecule has 0 saturated carbocycles. The second-order valence-corrected chi connectivity index (χ2v) is 4.87. The number of pyridine rings is 1. The van der Waals surface area contributed by atoms with Crippen molar-refractivity contribution in [2.24, 2.45) is 11.7 Å². The molecule has 0 aliphatic carbocycles. The molecule has 4 nitrogen and oxygen atoms in total. The zero-order chi connectivity index (χ0) is 12.4. The first-order valence-corrected chi connectivity index (χ1v) is 5.95. The Morgan fingerprint density at radius 3 is 2.82 bits per heavy atom. The van der Waals surface area contributed by atoms with Crippen LogP contribution in [-0.2, 0) is 0 Å². The van der Waals surface area contributed by atoms with Gasteiger partial charge in [0.1, 0.15) is 11.8 Å². The molecular weight excluding hydrogens is 214 g/mol. The van der Waals surface area contributed by atoms with Gasteiger partial charge in [0, 0.05) is 18.4 Å². The van der Waals surface area contributed by atoms with Crippen LogP contribution in [0, 0.1) is 5.92 Å². The fourth-order valence-electron chi connectivity index (χ4n) is 1.99. The van der Waals surface area contributed by atoms with Crippen molar-refractivity contribution in [2.75, 3.05) is 0 Å². The quantitative estimate of drug-likeness (QED) is 0.845. The van der Waals surface area contributed by atoms with Gasteiger partial charge in [-0.2, -0.15) is 0 Å². The maximum atomic E-state index is 10.1. The largest absolute Gasteiger partial charge is 0.385 e. The van der Waals surface area contributed by atoms with Gasteiger partial charge in [-0.15, -0.1) is 0 Å². The van der Waals surface area contributed by atoms with Crippen LogP contribution in [0.15, 0.2) is 30.6 Å². The van der Waals surface area contributed by atoms with Crippen LogP contribution in [0.1, 0.15) is 32.1 Å². The smallest absolute Gasteiger partial charge is 0.137 e. The van der Waals surface area contributed by atoms with E-state index in [2.05, 4.69) is 18.8 Å². The second-order valence-electron chi connectivity index (χ2n) is 4.87. The van der Waals surface area contributed by atoms with Crippen LogP contribution in [-0.4, -0.2) is 20.5 Å². The highest BCUT2D eigenvalue weighted by Gasteiger charge is 2.20. The summed E-state index contributed by atoms with van der Waals surface area (Å²) in [6, 6.07) is 5.50. The highest BCUT2D eigenvalue weighted by atomic mass is 16.3. The summed E-state index contributed by atoms with van der Waals surface area (Å²) >= 11 is 0. The number of hydrogen-bond acceptors (Lipinski definition) is 3. The lowest BCUT2D eigenvalue weighted by atomic mass is 9.99. The Balaban J connectivity index is 2.21. The van der Waals surface area contributed by atoms with Crippen molar-refractivity contribution in [3.8, 4) is 0 Å². The second kappa shape index (κ2) is 4.85. The van der Waals surface area contributed by atoms with E-state index in [1.165, 1.54) is 0 Å². The number of fused-ring (bicyclic) bond motifs is 1. The van der Waals surface area contributed by atoms with Crippen LogP contribution >= 0.6 is 0 Å². The molecule has 17 heavy (non-hydrogen) atoms. The molecule has 0 amide bonds. The van der Waals surface area contributed by atoms with Gasteiger partial charge in [-0.1, -0.05) is 19.9 Å². The predicted molar refractivity (Wildman–Crippen MR) is 67.6 cm³/mol. The van der Waals surface area contributed by atoms with E-state index in [1.807, 2.05) is 35.0 Å². The normalized spacial score (nSPS) is 15.4. The van der Waals surface area contributed by atoms with Crippen molar-refractivity contribution in [3.05, 3.63) is 36.3 Å². The van der Waals surface area contributed by atoms with Crippen molar-refractivity contribution in [1.29, 1.82) is 0 Å². The van der Waals surface area contributed by atoms with E-state index >= 15 is 0 Å². The van der Waals surface area contributed by atoms with Gasteiger partial charge in [-0.3, -0.25) is 0 Å².